The van der Waals surface area contributed by atoms with Crippen molar-refractivity contribution in [3.8, 4) is 0 Å². The van der Waals surface area contributed by atoms with Crippen LogP contribution in [0.4, 0.5) is 4.39 Å². The van der Waals surface area contributed by atoms with E-state index in [9.17, 15) is 9.18 Å². The van der Waals surface area contributed by atoms with Crippen molar-refractivity contribution in [2.24, 2.45) is 5.73 Å². The third kappa shape index (κ3) is 3.98. The summed E-state index contributed by atoms with van der Waals surface area (Å²) in [6, 6.07) is 6.60. The molecule has 0 aliphatic heterocycles. The van der Waals surface area contributed by atoms with E-state index in [4.69, 9.17) is 10.8 Å². The van der Waals surface area contributed by atoms with Crippen LogP contribution in [-0.4, -0.2) is 23.8 Å². The van der Waals surface area contributed by atoms with Gasteiger partial charge in [-0.15, -0.1) is 0 Å². The van der Waals surface area contributed by atoms with Crippen LogP contribution in [0.2, 0.25) is 0 Å². The van der Waals surface area contributed by atoms with Crippen molar-refractivity contribution in [2.45, 2.75) is 25.3 Å². The van der Waals surface area contributed by atoms with Crippen LogP contribution < -0.4 is 5.73 Å². The van der Waals surface area contributed by atoms with Gasteiger partial charge in [-0.1, -0.05) is 24.3 Å². The summed E-state index contributed by atoms with van der Waals surface area (Å²) in [5, 5.41) is 8.65. The minimum absolute atomic E-state index is 0.314. The second-order valence-corrected chi connectivity index (χ2v) is 3.76. The average molecular weight is 225 g/mol. The average Bonchev–Trinajstić information content (AvgIpc) is 2.28. The van der Waals surface area contributed by atoms with E-state index in [1.54, 1.807) is 0 Å². The van der Waals surface area contributed by atoms with Crippen LogP contribution in [0.1, 0.15) is 17.5 Å². The van der Waals surface area contributed by atoms with Crippen molar-refractivity contribution in [1.29, 1.82) is 0 Å². The van der Waals surface area contributed by atoms with Gasteiger partial charge in [0.05, 0.1) is 6.67 Å². The van der Waals surface area contributed by atoms with E-state index in [0.717, 1.165) is 11.1 Å². The second kappa shape index (κ2) is 6.23. The fourth-order valence-electron chi connectivity index (χ4n) is 1.45. The van der Waals surface area contributed by atoms with E-state index in [0.29, 0.717) is 19.3 Å². The molecule has 0 aliphatic carbocycles. The van der Waals surface area contributed by atoms with Gasteiger partial charge in [0.15, 0.2) is 0 Å². The van der Waals surface area contributed by atoms with Gasteiger partial charge in [0.2, 0.25) is 0 Å². The molecule has 0 saturated heterocycles. The number of rotatable bonds is 6. The molecule has 0 aromatic heterocycles. The summed E-state index contributed by atoms with van der Waals surface area (Å²) < 4.78 is 11.9. The molecule has 0 aliphatic rings. The molecule has 0 saturated carbocycles. The molecule has 88 valence electrons. The van der Waals surface area contributed by atoms with E-state index < -0.39 is 12.0 Å². The van der Waals surface area contributed by atoms with Crippen LogP contribution in [0.3, 0.4) is 0 Å². The number of aliphatic carboxylic acids is 1. The van der Waals surface area contributed by atoms with Crippen molar-refractivity contribution in [3.05, 3.63) is 35.4 Å². The maximum Gasteiger partial charge on any atom is 0.320 e. The lowest BCUT2D eigenvalue weighted by Crippen LogP contribution is -2.32. The normalized spacial score (nSPS) is 12.4. The maximum atomic E-state index is 11.9. The summed E-state index contributed by atoms with van der Waals surface area (Å²) in [5.74, 6) is -0.999. The molecule has 0 heterocycles. The van der Waals surface area contributed by atoms with Crippen molar-refractivity contribution in [2.75, 3.05) is 6.67 Å². The van der Waals surface area contributed by atoms with Gasteiger partial charge in [-0.25, -0.2) is 0 Å². The Hall–Kier alpha value is -1.42. The van der Waals surface area contributed by atoms with Crippen LogP contribution >= 0.6 is 0 Å². The summed E-state index contributed by atoms with van der Waals surface area (Å²) in [6.07, 6.45) is 1.55. The lowest BCUT2D eigenvalue weighted by atomic mass is 10.0. The third-order valence-corrected chi connectivity index (χ3v) is 2.39. The first-order chi connectivity index (χ1) is 7.63. The highest BCUT2D eigenvalue weighted by atomic mass is 19.1. The molecule has 0 amide bonds. The van der Waals surface area contributed by atoms with Crippen LogP contribution in [-0.2, 0) is 17.6 Å². The highest BCUT2D eigenvalue weighted by Crippen LogP contribution is 2.08. The molecule has 1 unspecified atom stereocenters. The van der Waals surface area contributed by atoms with Crippen molar-refractivity contribution in [1.82, 2.24) is 0 Å². The Morgan fingerprint density at radius 3 is 2.38 bits per heavy atom. The van der Waals surface area contributed by atoms with Crippen LogP contribution in [0.15, 0.2) is 24.3 Å². The largest absolute Gasteiger partial charge is 0.480 e. The standard InChI is InChI=1S/C12H16FNO2/c13-7-1-2-9-3-5-10(6-4-9)8-11(14)12(15)16/h3-6,11H,1-2,7-8,14H2,(H,15,16). The topological polar surface area (TPSA) is 63.3 Å². The monoisotopic (exact) mass is 225 g/mol. The molecule has 0 radical (unpaired) electrons. The number of alkyl halides is 1. The molecular weight excluding hydrogens is 209 g/mol. The van der Waals surface area contributed by atoms with Gasteiger partial charge in [0, 0.05) is 0 Å². The quantitative estimate of drug-likeness (QED) is 0.772. The Morgan fingerprint density at radius 1 is 1.31 bits per heavy atom. The Bertz CT molecular complexity index is 337. The zero-order valence-corrected chi connectivity index (χ0v) is 9.03. The second-order valence-electron chi connectivity index (χ2n) is 3.76. The third-order valence-electron chi connectivity index (χ3n) is 2.39. The van der Waals surface area contributed by atoms with E-state index in [2.05, 4.69) is 0 Å². The minimum Gasteiger partial charge on any atom is -0.480 e. The summed E-state index contributed by atoms with van der Waals surface area (Å²) >= 11 is 0. The minimum atomic E-state index is -0.999. The Kier molecular flexibility index (Phi) is 4.92. The Labute approximate surface area is 94.1 Å². The zero-order chi connectivity index (χ0) is 12.0. The highest BCUT2D eigenvalue weighted by Gasteiger charge is 2.11. The number of benzene rings is 1. The zero-order valence-electron chi connectivity index (χ0n) is 9.03. The van der Waals surface area contributed by atoms with Crippen LogP contribution in [0.5, 0.6) is 0 Å². The first-order valence-electron chi connectivity index (χ1n) is 5.25. The molecule has 1 aromatic carbocycles. The smallest absolute Gasteiger partial charge is 0.320 e. The fourth-order valence-corrected chi connectivity index (χ4v) is 1.45. The molecule has 1 rings (SSSR count). The molecule has 16 heavy (non-hydrogen) atoms. The maximum absolute atomic E-state index is 11.9. The molecule has 0 spiro atoms. The summed E-state index contributed by atoms with van der Waals surface area (Å²) in [5.41, 5.74) is 7.37. The Morgan fingerprint density at radius 2 is 1.88 bits per heavy atom. The summed E-state index contributed by atoms with van der Waals surface area (Å²) in [6.45, 7) is -0.314. The number of aryl methyl sites for hydroxylation is 1. The lowest BCUT2D eigenvalue weighted by Gasteiger charge is -2.07. The molecule has 4 heteroatoms. The van der Waals surface area contributed by atoms with Gasteiger partial charge in [0.1, 0.15) is 6.04 Å². The number of hydrogen-bond acceptors (Lipinski definition) is 2. The first kappa shape index (κ1) is 12.6. The number of nitrogens with two attached hydrogens (primary N) is 1. The van der Waals surface area contributed by atoms with E-state index >= 15 is 0 Å². The van der Waals surface area contributed by atoms with Gasteiger partial charge in [-0.3, -0.25) is 9.18 Å². The van der Waals surface area contributed by atoms with E-state index in [1.807, 2.05) is 24.3 Å². The van der Waals surface area contributed by atoms with E-state index in [1.165, 1.54) is 0 Å². The van der Waals surface area contributed by atoms with Crippen molar-refractivity contribution in [3.63, 3.8) is 0 Å². The molecule has 0 bridgehead atoms. The molecule has 3 N–H and O–H groups in total. The number of halogens is 1. The molecule has 0 fully saturated rings. The fraction of sp³-hybridized carbons (Fsp3) is 0.417. The number of hydrogen-bond donors (Lipinski definition) is 2. The SMILES string of the molecule is NC(Cc1ccc(CCCF)cc1)C(=O)O. The summed E-state index contributed by atoms with van der Waals surface area (Å²) in [7, 11) is 0. The first-order valence-corrected chi connectivity index (χ1v) is 5.25. The van der Waals surface area contributed by atoms with Crippen molar-refractivity contribution >= 4 is 5.97 Å². The molecule has 1 atom stereocenters. The highest BCUT2D eigenvalue weighted by molar-refractivity contribution is 5.73. The van der Waals surface area contributed by atoms with Gasteiger partial charge >= 0.3 is 5.97 Å². The summed E-state index contributed by atoms with van der Waals surface area (Å²) in [4.78, 5) is 10.5. The van der Waals surface area contributed by atoms with Crippen LogP contribution in [0.25, 0.3) is 0 Å². The lowest BCUT2D eigenvalue weighted by molar-refractivity contribution is -0.138. The number of carbonyl (C=O) groups is 1. The molecule has 1 aromatic rings. The van der Waals surface area contributed by atoms with Crippen LogP contribution in [0, 0.1) is 0 Å². The van der Waals surface area contributed by atoms with Gasteiger partial charge in [0.25, 0.3) is 0 Å². The van der Waals surface area contributed by atoms with Gasteiger partial charge in [-0.2, -0.15) is 0 Å². The van der Waals surface area contributed by atoms with Gasteiger partial charge in [-0.05, 0) is 30.4 Å². The Balaban J connectivity index is 2.54. The number of carboxylic acid groups (broad SMARTS) is 1. The molecular formula is C12H16FNO2. The van der Waals surface area contributed by atoms with E-state index in [-0.39, 0.29) is 6.67 Å². The predicted octanol–water partition coefficient (Wildman–Crippen LogP) is 1.54. The number of carboxylic acids is 1. The molecule has 3 nitrogen and oxygen atoms in total. The van der Waals surface area contributed by atoms with Gasteiger partial charge < -0.3 is 10.8 Å². The van der Waals surface area contributed by atoms with Crippen molar-refractivity contribution < 1.29 is 14.3 Å². The predicted molar refractivity (Wildman–Crippen MR) is 60.1 cm³/mol.